The molecule has 0 amide bonds. The predicted molar refractivity (Wildman–Crippen MR) is 119 cm³/mol. The van der Waals surface area contributed by atoms with Crippen LogP contribution in [0.25, 0.3) is 0 Å². The van der Waals surface area contributed by atoms with Gasteiger partial charge in [0.15, 0.2) is 11.8 Å². The van der Waals surface area contributed by atoms with E-state index < -0.39 is 5.60 Å². The van der Waals surface area contributed by atoms with Crippen molar-refractivity contribution in [3.8, 4) is 0 Å². The van der Waals surface area contributed by atoms with Gasteiger partial charge < -0.3 is 24.7 Å². The van der Waals surface area contributed by atoms with Gasteiger partial charge in [0.25, 0.3) is 0 Å². The van der Waals surface area contributed by atoms with Crippen LogP contribution < -0.4 is 10.6 Å². The van der Waals surface area contributed by atoms with E-state index in [4.69, 9.17) is 4.42 Å². The molecule has 1 aliphatic carbocycles. The van der Waals surface area contributed by atoms with Crippen LogP contribution in [-0.2, 0) is 19.2 Å². The van der Waals surface area contributed by atoms with E-state index in [1.54, 1.807) is 25.3 Å². The molecule has 1 unspecified atom stereocenters. The lowest BCUT2D eigenvalue weighted by molar-refractivity contribution is 0.0385. The van der Waals surface area contributed by atoms with Crippen LogP contribution in [0.3, 0.4) is 0 Å². The summed E-state index contributed by atoms with van der Waals surface area (Å²) in [7, 11) is 1.93. The highest BCUT2D eigenvalue weighted by Gasteiger charge is 2.27. The molecule has 2 heterocycles. The van der Waals surface area contributed by atoms with Crippen LogP contribution in [0, 0.1) is 6.92 Å². The third kappa shape index (κ3) is 5.94. The second-order valence-electron chi connectivity index (χ2n) is 7.47. The number of guanidine groups is 1. The summed E-state index contributed by atoms with van der Waals surface area (Å²) in [5.41, 5.74) is -1.13. The Morgan fingerprint density at radius 2 is 2.11 bits per heavy atom. The summed E-state index contributed by atoms with van der Waals surface area (Å²) in [4.78, 5) is 4.68. The van der Waals surface area contributed by atoms with Crippen molar-refractivity contribution in [3.63, 3.8) is 0 Å². The van der Waals surface area contributed by atoms with Gasteiger partial charge in [-0.25, -0.2) is 4.99 Å². The minimum Gasteiger partial charge on any atom is -0.466 e. The first-order valence-electron chi connectivity index (χ1n) is 9.62. The highest BCUT2D eigenvalue weighted by molar-refractivity contribution is 14.0. The number of aryl methyl sites for hydroxylation is 1. The molecule has 0 saturated heterocycles. The van der Waals surface area contributed by atoms with E-state index in [0.717, 1.165) is 24.5 Å². The fourth-order valence-corrected chi connectivity index (χ4v) is 3.26. The number of hydrogen-bond acceptors (Lipinski definition) is 5. The Kier molecular flexibility index (Phi) is 8.29. The minimum atomic E-state index is -1.13. The van der Waals surface area contributed by atoms with Crippen molar-refractivity contribution >= 4 is 29.9 Å². The molecule has 2 aromatic heterocycles. The Morgan fingerprint density at radius 1 is 1.36 bits per heavy atom. The van der Waals surface area contributed by atoms with Gasteiger partial charge in [-0.05, 0) is 38.8 Å². The maximum atomic E-state index is 10.7. The minimum absolute atomic E-state index is 0. The zero-order valence-electron chi connectivity index (χ0n) is 16.8. The molecule has 3 rings (SSSR count). The molecule has 1 fully saturated rings. The topological polar surface area (TPSA) is 100 Å². The van der Waals surface area contributed by atoms with Gasteiger partial charge in [-0.2, -0.15) is 0 Å². The molecule has 8 nitrogen and oxygen atoms in total. The maximum absolute atomic E-state index is 10.7. The van der Waals surface area contributed by atoms with E-state index in [-0.39, 0.29) is 30.5 Å². The maximum Gasteiger partial charge on any atom is 0.192 e. The summed E-state index contributed by atoms with van der Waals surface area (Å²) in [6.07, 6.45) is 7.60. The molecule has 0 radical (unpaired) electrons. The Balaban J connectivity index is 0.00000280. The quantitative estimate of drug-likeness (QED) is 0.319. The summed E-state index contributed by atoms with van der Waals surface area (Å²) >= 11 is 0. The zero-order chi connectivity index (χ0) is 19.3. The number of aliphatic imine (C=N–C) groups is 1. The molecule has 1 saturated carbocycles. The van der Waals surface area contributed by atoms with Crippen molar-refractivity contribution in [1.29, 1.82) is 0 Å². The average Bonchev–Trinajstić information content (AvgIpc) is 3.31. The molecule has 2 aromatic rings. The SMILES string of the molecule is Cc1nnc(CN=C(NCC(C)(O)c2ccco2)NC2CCCCC2)n1C.I. The molecule has 1 aliphatic rings. The molecule has 1 atom stereocenters. The van der Waals surface area contributed by atoms with Gasteiger partial charge in [0, 0.05) is 13.1 Å². The fraction of sp³-hybridized carbons (Fsp3) is 0.632. The van der Waals surface area contributed by atoms with Crippen molar-refractivity contribution < 1.29 is 9.52 Å². The summed E-state index contributed by atoms with van der Waals surface area (Å²) in [5, 5.41) is 25.7. The Bertz CT molecular complexity index is 751. The van der Waals surface area contributed by atoms with Crippen molar-refractivity contribution in [3.05, 3.63) is 35.8 Å². The van der Waals surface area contributed by atoms with Crippen LogP contribution in [0.1, 0.15) is 56.4 Å². The zero-order valence-corrected chi connectivity index (χ0v) is 19.1. The van der Waals surface area contributed by atoms with Crippen molar-refractivity contribution in [2.75, 3.05) is 6.54 Å². The summed E-state index contributed by atoms with van der Waals surface area (Å²) in [5.74, 6) is 2.86. The Labute approximate surface area is 183 Å². The number of nitrogens with one attached hydrogen (secondary N) is 2. The Hall–Kier alpha value is -1.62. The van der Waals surface area contributed by atoms with Crippen molar-refractivity contribution in [2.45, 2.75) is 64.1 Å². The largest absolute Gasteiger partial charge is 0.466 e. The molecule has 0 bridgehead atoms. The monoisotopic (exact) mass is 502 g/mol. The molecule has 0 aliphatic heterocycles. The first-order valence-corrected chi connectivity index (χ1v) is 9.62. The van der Waals surface area contributed by atoms with Crippen LogP contribution in [0.4, 0.5) is 0 Å². The first kappa shape index (κ1) is 22.7. The van der Waals surface area contributed by atoms with Gasteiger partial charge in [-0.1, -0.05) is 19.3 Å². The normalized spacial score (nSPS) is 17.6. The van der Waals surface area contributed by atoms with E-state index >= 15 is 0 Å². The molecule has 0 spiro atoms. The second-order valence-corrected chi connectivity index (χ2v) is 7.47. The van der Waals surface area contributed by atoms with Gasteiger partial charge in [-0.3, -0.25) is 0 Å². The summed E-state index contributed by atoms with van der Waals surface area (Å²) in [6.45, 7) is 4.35. The van der Waals surface area contributed by atoms with Gasteiger partial charge in [0.05, 0.1) is 12.8 Å². The van der Waals surface area contributed by atoms with Gasteiger partial charge in [0.2, 0.25) is 0 Å². The number of rotatable bonds is 6. The first-order chi connectivity index (χ1) is 13.0. The van der Waals surface area contributed by atoms with Crippen LogP contribution in [0.5, 0.6) is 0 Å². The Morgan fingerprint density at radius 3 is 2.71 bits per heavy atom. The van der Waals surface area contributed by atoms with E-state index in [0.29, 0.717) is 24.3 Å². The highest BCUT2D eigenvalue weighted by Crippen LogP contribution is 2.20. The number of halogens is 1. The number of nitrogens with zero attached hydrogens (tertiary/aromatic N) is 4. The number of aliphatic hydroxyl groups is 1. The van der Waals surface area contributed by atoms with E-state index in [1.807, 2.05) is 18.5 Å². The molecule has 0 aromatic carbocycles. The third-order valence-corrected chi connectivity index (χ3v) is 5.16. The molecular weight excluding hydrogens is 471 g/mol. The summed E-state index contributed by atoms with van der Waals surface area (Å²) < 4.78 is 7.29. The van der Waals surface area contributed by atoms with Crippen LogP contribution in [-0.4, -0.2) is 38.4 Å². The summed E-state index contributed by atoms with van der Waals surface area (Å²) in [6, 6.07) is 3.95. The molecule has 156 valence electrons. The lowest BCUT2D eigenvalue weighted by Gasteiger charge is -2.27. The molecule has 9 heteroatoms. The smallest absolute Gasteiger partial charge is 0.192 e. The fourth-order valence-electron chi connectivity index (χ4n) is 3.26. The standard InChI is InChI=1S/C19H30N6O2.HI/c1-14-23-24-17(25(14)3)12-20-18(22-15-8-5-4-6-9-15)21-13-19(2,26)16-10-7-11-27-16;/h7,10-11,15,26H,4-6,8-9,12-13H2,1-3H3,(H2,20,21,22);1H. The van der Waals surface area contributed by atoms with Crippen molar-refractivity contribution in [1.82, 2.24) is 25.4 Å². The third-order valence-electron chi connectivity index (χ3n) is 5.16. The number of hydrogen-bond donors (Lipinski definition) is 3. The lowest BCUT2D eigenvalue weighted by atomic mass is 9.96. The van der Waals surface area contributed by atoms with Gasteiger partial charge in [-0.15, -0.1) is 34.2 Å². The number of furan rings is 1. The van der Waals surface area contributed by atoms with Crippen LogP contribution in [0.15, 0.2) is 27.8 Å². The molecular formula is C19H31IN6O2. The van der Waals surface area contributed by atoms with Gasteiger partial charge in [0.1, 0.15) is 23.7 Å². The second kappa shape index (κ2) is 10.2. The average molecular weight is 502 g/mol. The predicted octanol–water partition coefficient (Wildman–Crippen LogP) is 2.61. The molecule has 3 N–H and O–H groups in total. The molecule has 28 heavy (non-hydrogen) atoms. The van der Waals surface area contributed by atoms with E-state index in [1.165, 1.54) is 19.3 Å². The van der Waals surface area contributed by atoms with E-state index in [9.17, 15) is 5.11 Å². The van der Waals surface area contributed by atoms with Gasteiger partial charge >= 0.3 is 0 Å². The number of aromatic nitrogens is 3. The van der Waals surface area contributed by atoms with E-state index in [2.05, 4.69) is 25.8 Å². The van der Waals surface area contributed by atoms with Crippen LogP contribution in [0.2, 0.25) is 0 Å². The highest BCUT2D eigenvalue weighted by atomic mass is 127. The van der Waals surface area contributed by atoms with Crippen molar-refractivity contribution in [2.24, 2.45) is 12.0 Å². The lowest BCUT2D eigenvalue weighted by Crippen LogP contribution is -2.48. The van der Waals surface area contributed by atoms with Crippen LogP contribution >= 0.6 is 24.0 Å².